The largest absolute Gasteiger partial charge is 0.493 e. The van der Waals surface area contributed by atoms with Crippen LogP contribution in [0.15, 0.2) is 23.8 Å². The zero-order chi connectivity index (χ0) is 13.8. The van der Waals surface area contributed by atoms with Crippen molar-refractivity contribution in [1.82, 2.24) is 4.98 Å². The first kappa shape index (κ1) is 13.2. The van der Waals surface area contributed by atoms with Gasteiger partial charge in [-0.25, -0.2) is 0 Å². The normalized spacial score (nSPS) is 10.0. The lowest BCUT2D eigenvalue weighted by Crippen LogP contribution is -2.12. The van der Waals surface area contributed by atoms with Gasteiger partial charge < -0.3 is 20.5 Å². The minimum Gasteiger partial charge on any atom is -0.493 e. The molecule has 0 aliphatic rings. The summed E-state index contributed by atoms with van der Waals surface area (Å²) >= 11 is 1.25. The molecule has 0 bridgehead atoms. The first-order valence-corrected chi connectivity index (χ1v) is 6.25. The van der Waals surface area contributed by atoms with Gasteiger partial charge in [0.15, 0.2) is 11.5 Å². The monoisotopic (exact) mass is 279 g/mol. The van der Waals surface area contributed by atoms with Gasteiger partial charge in [0.25, 0.3) is 5.91 Å². The summed E-state index contributed by atoms with van der Waals surface area (Å²) in [7, 11) is 3.04. The number of nitrogens with one attached hydrogen (secondary N) is 1. The van der Waals surface area contributed by atoms with Gasteiger partial charge in [-0.05, 0) is 0 Å². The summed E-state index contributed by atoms with van der Waals surface area (Å²) in [5, 5.41) is 2.71. The van der Waals surface area contributed by atoms with Crippen molar-refractivity contribution in [3.8, 4) is 11.5 Å². The van der Waals surface area contributed by atoms with E-state index in [4.69, 9.17) is 15.2 Å². The van der Waals surface area contributed by atoms with Gasteiger partial charge in [-0.3, -0.25) is 9.78 Å². The van der Waals surface area contributed by atoms with E-state index in [1.807, 2.05) is 0 Å². The molecular weight excluding hydrogens is 266 g/mol. The van der Waals surface area contributed by atoms with Crippen molar-refractivity contribution in [2.45, 2.75) is 0 Å². The average molecular weight is 279 g/mol. The van der Waals surface area contributed by atoms with Crippen molar-refractivity contribution < 1.29 is 14.3 Å². The van der Waals surface area contributed by atoms with Crippen LogP contribution in [0.25, 0.3) is 0 Å². The third kappa shape index (κ3) is 2.76. The highest BCUT2D eigenvalue weighted by Gasteiger charge is 2.13. The molecule has 19 heavy (non-hydrogen) atoms. The summed E-state index contributed by atoms with van der Waals surface area (Å²) in [5.74, 6) is 0.744. The number of nitrogens with two attached hydrogens (primary N) is 1. The molecule has 1 aromatic heterocycles. The van der Waals surface area contributed by atoms with Crippen molar-refractivity contribution >= 4 is 28.6 Å². The number of hydrogen-bond donors (Lipinski definition) is 2. The van der Waals surface area contributed by atoms with Crippen LogP contribution >= 0.6 is 11.3 Å². The van der Waals surface area contributed by atoms with E-state index in [-0.39, 0.29) is 5.91 Å². The minimum absolute atomic E-state index is 0.263. The number of carbonyl (C=O) groups is 1. The highest BCUT2D eigenvalue weighted by Crippen LogP contribution is 2.35. The Balaban J connectivity index is 2.28. The fourth-order valence-corrected chi connectivity index (χ4v) is 2.03. The van der Waals surface area contributed by atoms with Gasteiger partial charge in [-0.2, -0.15) is 0 Å². The molecule has 0 saturated carbocycles. The van der Waals surface area contributed by atoms with Crippen LogP contribution in [-0.4, -0.2) is 25.1 Å². The van der Waals surface area contributed by atoms with Crippen LogP contribution in [0.5, 0.6) is 11.5 Å². The van der Waals surface area contributed by atoms with Crippen LogP contribution in [-0.2, 0) is 0 Å². The van der Waals surface area contributed by atoms with Crippen LogP contribution in [0.4, 0.5) is 11.4 Å². The number of methoxy groups -OCH3 is 2. The number of nitrogen functional groups attached to an aromatic ring is 1. The van der Waals surface area contributed by atoms with E-state index < -0.39 is 0 Å². The molecule has 0 unspecified atom stereocenters. The Morgan fingerprint density at radius 2 is 2.00 bits per heavy atom. The van der Waals surface area contributed by atoms with Crippen LogP contribution in [0.2, 0.25) is 0 Å². The van der Waals surface area contributed by atoms with E-state index in [1.165, 1.54) is 31.8 Å². The maximum absolute atomic E-state index is 11.9. The summed E-state index contributed by atoms with van der Waals surface area (Å²) in [6.07, 6.45) is 1.50. The van der Waals surface area contributed by atoms with Gasteiger partial charge >= 0.3 is 0 Å². The summed E-state index contributed by atoms with van der Waals surface area (Å²) in [6, 6.07) is 3.22. The van der Waals surface area contributed by atoms with Crippen molar-refractivity contribution in [3.05, 3.63) is 28.7 Å². The van der Waals surface area contributed by atoms with Crippen LogP contribution < -0.4 is 20.5 Å². The van der Waals surface area contributed by atoms with Gasteiger partial charge in [-0.1, -0.05) is 0 Å². The molecular formula is C12H13N3O3S. The molecule has 100 valence electrons. The lowest BCUT2D eigenvalue weighted by molar-refractivity contribution is 0.103. The molecule has 0 saturated heterocycles. The Hall–Kier alpha value is -2.28. The number of nitrogens with zero attached hydrogens (tertiary/aromatic N) is 1. The maximum atomic E-state index is 11.9. The molecule has 1 aromatic carbocycles. The second-order valence-electron chi connectivity index (χ2n) is 3.61. The zero-order valence-corrected chi connectivity index (χ0v) is 11.3. The Bertz CT molecular complexity index is 584. The molecule has 0 atom stereocenters. The Labute approximate surface area is 114 Å². The lowest BCUT2D eigenvalue weighted by atomic mass is 10.2. The first-order valence-electron chi connectivity index (χ1n) is 5.37. The predicted octanol–water partition coefficient (Wildman–Crippen LogP) is 1.99. The Kier molecular flexibility index (Phi) is 3.86. The summed E-state index contributed by atoms with van der Waals surface area (Å²) in [5.41, 5.74) is 8.32. The molecule has 0 aliphatic carbocycles. The number of thiazole rings is 1. The summed E-state index contributed by atoms with van der Waals surface area (Å²) in [4.78, 5) is 16.3. The fourth-order valence-electron chi connectivity index (χ4n) is 1.51. The van der Waals surface area contributed by atoms with Gasteiger partial charge in [0, 0.05) is 12.1 Å². The van der Waals surface area contributed by atoms with Crippen LogP contribution in [0.1, 0.15) is 9.67 Å². The van der Waals surface area contributed by atoms with E-state index >= 15 is 0 Å². The number of ether oxygens (including phenoxy) is 2. The van der Waals surface area contributed by atoms with E-state index in [2.05, 4.69) is 10.3 Å². The van der Waals surface area contributed by atoms with Crippen molar-refractivity contribution in [2.75, 3.05) is 25.3 Å². The molecule has 6 nitrogen and oxygen atoms in total. The van der Waals surface area contributed by atoms with E-state index in [0.717, 1.165) is 0 Å². The number of rotatable bonds is 4. The molecule has 2 aromatic rings. The highest BCUT2D eigenvalue weighted by atomic mass is 32.1. The number of anilines is 2. The number of amides is 1. The smallest absolute Gasteiger partial charge is 0.267 e. The number of carbonyl (C=O) groups excluding carboxylic acids is 1. The molecule has 0 fully saturated rings. The van der Waals surface area contributed by atoms with Gasteiger partial charge in [-0.15, -0.1) is 11.3 Å². The molecule has 0 spiro atoms. The van der Waals surface area contributed by atoms with Crippen molar-refractivity contribution in [2.24, 2.45) is 0 Å². The van der Waals surface area contributed by atoms with Crippen LogP contribution in [0, 0.1) is 0 Å². The Morgan fingerprint density at radius 3 is 2.58 bits per heavy atom. The van der Waals surface area contributed by atoms with E-state index in [1.54, 1.807) is 17.6 Å². The predicted molar refractivity (Wildman–Crippen MR) is 74.0 cm³/mol. The molecule has 2 rings (SSSR count). The molecule has 0 radical (unpaired) electrons. The molecule has 1 heterocycles. The molecule has 0 aliphatic heterocycles. The lowest BCUT2D eigenvalue weighted by Gasteiger charge is -2.12. The third-order valence-corrected chi connectivity index (χ3v) is 3.23. The maximum Gasteiger partial charge on any atom is 0.267 e. The van der Waals surface area contributed by atoms with Crippen molar-refractivity contribution in [3.63, 3.8) is 0 Å². The number of benzene rings is 1. The SMILES string of the molecule is COc1cc(N)c(NC(=O)c2cncs2)cc1OC. The highest BCUT2D eigenvalue weighted by molar-refractivity contribution is 7.11. The fraction of sp³-hybridized carbons (Fsp3) is 0.167. The second-order valence-corrected chi connectivity index (χ2v) is 4.50. The molecule has 1 amide bonds. The third-order valence-electron chi connectivity index (χ3n) is 2.46. The Morgan fingerprint density at radius 1 is 1.32 bits per heavy atom. The molecule has 3 N–H and O–H groups in total. The topological polar surface area (TPSA) is 86.5 Å². The molecule has 7 heteroatoms. The second kappa shape index (κ2) is 5.57. The van der Waals surface area contributed by atoms with Crippen LogP contribution in [0.3, 0.4) is 0 Å². The van der Waals surface area contributed by atoms with Gasteiger partial charge in [0.05, 0.1) is 37.3 Å². The summed E-state index contributed by atoms with van der Waals surface area (Å²) < 4.78 is 10.3. The van der Waals surface area contributed by atoms with Gasteiger partial charge in [0.1, 0.15) is 4.88 Å². The quantitative estimate of drug-likeness (QED) is 0.836. The number of aromatic nitrogens is 1. The number of hydrogen-bond acceptors (Lipinski definition) is 6. The first-order chi connectivity index (χ1) is 9.15. The van der Waals surface area contributed by atoms with E-state index in [9.17, 15) is 4.79 Å². The van der Waals surface area contributed by atoms with E-state index in [0.29, 0.717) is 27.8 Å². The standard InChI is InChI=1S/C12H13N3O3S/c1-17-9-3-7(13)8(4-10(9)18-2)15-12(16)11-5-14-6-19-11/h3-6H,13H2,1-2H3,(H,15,16). The zero-order valence-electron chi connectivity index (χ0n) is 10.5. The average Bonchev–Trinajstić information content (AvgIpc) is 2.94. The summed E-state index contributed by atoms with van der Waals surface area (Å²) in [6.45, 7) is 0. The van der Waals surface area contributed by atoms with Crippen molar-refractivity contribution in [1.29, 1.82) is 0 Å². The minimum atomic E-state index is -0.263. The van der Waals surface area contributed by atoms with Gasteiger partial charge in [0.2, 0.25) is 0 Å².